The summed E-state index contributed by atoms with van der Waals surface area (Å²) in [4.78, 5) is 10.7. The molecule has 0 unspecified atom stereocenters. The second-order valence-corrected chi connectivity index (χ2v) is 4.62. The van der Waals surface area contributed by atoms with E-state index in [2.05, 4.69) is 26.5 Å². The number of hydrazone groups is 1. The van der Waals surface area contributed by atoms with Gasteiger partial charge in [-0.3, -0.25) is 4.79 Å². The lowest BCUT2D eigenvalue weighted by atomic mass is 10.3. The number of benzene rings is 1. The zero-order valence-corrected chi connectivity index (χ0v) is 11.4. The Morgan fingerprint density at radius 2 is 2.06 bits per heavy atom. The Morgan fingerprint density at radius 1 is 1.33 bits per heavy atom. The van der Waals surface area contributed by atoms with Crippen LogP contribution in [0.3, 0.4) is 0 Å². The van der Waals surface area contributed by atoms with Gasteiger partial charge in [-0.05, 0) is 36.4 Å². The summed E-state index contributed by atoms with van der Waals surface area (Å²) in [5.74, 6) is -0.187. The number of carbonyl (C=O) groups is 1. The standard InChI is InChI=1S/C13H12BrN3O/c1-10(18)16-15-9-13-3-2-8-17(13)12-6-4-11(14)5-7-12/h2-9H,1H3,(H,16,18)/b15-9+. The lowest BCUT2D eigenvalue weighted by Crippen LogP contribution is -2.12. The molecule has 92 valence electrons. The van der Waals surface area contributed by atoms with E-state index in [0.717, 1.165) is 15.9 Å². The van der Waals surface area contributed by atoms with Gasteiger partial charge in [-0.1, -0.05) is 15.9 Å². The summed E-state index contributed by atoms with van der Waals surface area (Å²) in [6.07, 6.45) is 3.56. The normalized spacial score (nSPS) is 10.8. The predicted octanol–water partition coefficient (Wildman–Crippen LogP) is 2.71. The third-order valence-corrected chi connectivity index (χ3v) is 2.83. The molecule has 1 aromatic heterocycles. The second kappa shape index (κ2) is 5.64. The molecule has 1 aromatic carbocycles. The molecule has 0 aliphatic heterocycles. The fourth-order valence-corrected chi connectivity index (χ4v) is 1.79. The molecule has 0 saturated heterocycles. The molecule has 1 heterocycles. The highest BCUT2D eigenvalue weighted by atomic mass is 79.9. The number of carbonyl (C=O) groups excluding carboxylic acids is 1. The highest BCUT2D eigenvalue weighted by Gasteiger charge is 2.00. The van der Waals surface area contributed by atoms with Crippen LogP contribution in [0, 0.1) is 0 Å². The van der Waals surface area contributed by atoms with Crippen LogP contribution in [-0.4, -0.2) is 16.7 Å². The zero-order chi connectivity index (χ0) is 13.0. The highest BCUT2D eigenvalue weighted by molar-refractivity contribution is 9.10. The fraction of sp³-hybridized carbons (Fsp3) is 0.0769. The molecule has 2 aromatic rings. The van der Waals surface area contributed by atoms with Crippen molar-refractivity contribution in [3.05, 3.63) is 52.8 Å². The van der Waals surface area contributed by atoms with Crippen LogP contribution in [0.4, 0.5) is 0 Å². The molecule has 0 atom stereocenters. The van der Waals surface area contributed by atoms with Crippen molar-refractivity contribution in [2.45, 2.75) is 6.92 Å². The van der Waals surface area contributed by atoms with E-state index in [4.69, 9.17) is 0 Å². The van der Waals surface area contributed by atoms with Crippen molar-refractivity contribution < 1.29 is 4.79 Å². The topological polar surface area (TPSA) is 46.4 Å². The van der Waals surface area contributed by atoms with Gasteiger partial charge in [-0.15, -0.1) is 0 Å². The van der Waals surface area contributed by atoms with Gasteiger partial charge in [0.2, 0.25) is 5.91 Å². The summed E-state index contributed by atoms with van der Waals surface area (Å²) in [6, 6.07) is 11.8. The maximum atomic E-state index is 10.7. The smallest absolute Gasteiger partial charge is 0.236 e. The lowest BCUT2D eigenvalue weighted by Gasteiger charge is -2.06. The second-order valence-electron chi connectivity index (χ2n) is 3.71. The molecular formula is C13H12BrN3O. The summed E-state index contributed by atoms with van der Waals surface area (Å²) < 4.78 is 3.02. The average Bonchev–Trinajstić information content (AvgIpc) is 2.78. The largest absolute Gasteiger partial charge is 0.316 e. The van der Waals surface area contributed by atoms with Crippen LogP contribution < -0.4 is 5.43 Å². The maximum Gasteiger partial charge on any atom is 0.236 e. The van der Waals surface area contributed by atoms with Gasteiger partial charge in [0, 0.05) is 23.3 Å². The third kappa shape index (κ3) is 3.07. The van der Waals surface area contributed by atoms with Crippen molar-refractivity contribution in [1.82, 2.24) is 9.99 Å². The molecule has 5 heteroatoms. The fourth-order valence-electron chi connectivity index (χ4n) is 1.53. The van der Waals surface area contributed by atoms with Gasteiger partial charge >= 0.3 is 0 Å². The van der Waals surface area contributed by atoms with Crippen LogP contribution in [-0.2, 0) is 4.79 Å². The van der Waals surface area contributed by atoms with Crippen LogP contribution >= 0.6 is 15.9 Å². The quantitative estimate of drug-likeness (QED) is 0.688. The van der Waals surface area contributed by atoms with Crippen molar-refractivity contribution in [3.8, 4) is 5.69 Å². The number of halogens is 1. The first-order valence-electron chi connectivity index (χ1n) is 5.40. The SMILES string of the molecule is CC(=O)N/N=C/c1cccn1-c1ccc(Br)cc1. The molecule has 0 aliphatic rings. The molecule has 0 bridgehead atoms. The number of nitrogens with one attached hydrogen (secondary N) is 1. The first-order chi connectivity index (χ1) is 8.66. The summed E-state index contributed by atoms with van der Waals surface area (Å²) in [5, 5.41) is 3.86. The molecule has 2 rings (SSSR count). The molecular weight excluding hydrogens is 294 g/mol. The molecule has 1 amide bonds. The molecule has 18 heavy (non-hydrogen) atoms. The van der Waals surface area contributed by atoms with E-state index in [9.17, 15) is 4.79 Å². The van der Waals surface area contributed by atoms with E-state index < -0.39 is 0 Å². The van der Waals surface area contributed by atoms with E-state index in [1.807, 2.05) is 47.2 Å². The number of hydrogen-bond acceptors (Lipinski definition) is 2. The van der Waals surface area contributed by atoms with E-state index in [1.54, 1.807) is 6.21 Å². The van der Waals surface area contributed by atoms with E-state index >= 15 is 0 Å². The van der Waals surface area contributed by atoms with E-state index in [-0.39, 0.29) is 5.91 Å². The Kier molecular flexibility index (Phi) is 3.94. The van der Waals surface area contributed by atoms with Crippen LogP contribution in [0.2, 0.25) is 0 Å². The minimum Gasteiger partial charge on any atom is -0.316 e. The molecule has 0 fully saturated rings. The molecule has 4 nitrogen and oxygen atoms in total. The predicted molar refractivity (Wildman–Crippen MR) is 74.9 cm³/mol. The molecule has 0 radical (unpaired) electrons. The van der Waals surface area contributed by atoms with Crippen LogP contribution in [0.25, 0.3) is 5.69 Å². The van der Waals surface area contributed by atoms with E-state index in [1.165, 1.54) is 6.92 Å². The molecule has 0 spiro atoms. The molecule has 0 aliphatic carbocycles. The summed E-state index contributed by atoms with van der Waals surface area (Å²) in [6.45, 7) is 1.42. The Balaban J connectivity index is 2.24. The highest BCUT2D eigenvalue weighted by Crippen LogP contribution is 2.15. The van der Waals surface area contributed by atoms with Gasteiger partial charge in [-0.2, -0.15) is 5.10 Å². The van der Waals surface area contributed by atoms with Gasteiger partial charge < -0.3 is 4.57 Å². The van der Waals surface area contributed by atoms with Gasteiger partial charge in [0.1, 0.15) is 0 Å². The first-order valence-corrected chi connectivity index (χ1v) is 6.19. The first kappa shape index (κ1) is 12.6. The number of nitrogens with zero attached hydrogens (tertiary/aromatic N) is 2. The molecule has 1 N–H and O–H groups in total. The average molecular weight is 306 g/mol. The van der Waals surface area contributed by atoms with Gasteiger partial charge in [0.05, 0.1) is 11.9 Å². The Hall–Kier alpha value is -1.88. The lowest BCUT2D eigenvalue weighted by molar-refractivity contribution is -0.118. The van der Waals surface area contributed by atoms with Crippen LogP contribution in [0.15, 0.2) is 52.2 Å². The van der Waals surface area contributed by atoms with Crippen LogP contribution in [0.1, 0.15) is 12.6 Å². The number of amides is 1. The van der Waals surface area contributed by atoms with Crippen molar-refractivity contribution >= 4 is 28.1 Å². The van der Waals surface area contributed by atoms with Crippen LogP contribution in [0.5, 0.6) is 0 Å². The minimum absolute atomic E-state index is 0.187. The van der Waals surface area contributed by atoms with Gasteiger partial charge in [0.25, 0.3) is 0 Å². The Bertz CT molecular complexity index is 572. The minimum atomic E-state index is -0.187. The van der Waals surface area contributed by atoms with Gasteiger partial charge in [-0.25, -0.2) is 5.43 Å². The van der Waals surface area contributed by atoms with Crippen molar-refractivity contribution in [2.75, 3.05) is 0 Å². The number of aromatic nitrogens is 1. The number of hydrogen-bond donors (Lipinski definition) is 1. The maximum absolute atomic E-state index is 10.7. The number of rotatable bonds is 3. The molecule has 0 saturated carbocycles. The van der Waals surface area contributed by atoms with Crippen molar-refractivity contribution in [3.63, 3.8) is 0 Å². The van der Waals surface area contributed by atoms with Crippen molar-refractivity contribution in [2.24, 2.45) is 5.10 Å². The summed E-state index contributed by atoms with van der Waals surface area (Å²) in [7, 11) is 0. The summed E-state index contributed by atoms with van der Waals surface area (Å²) >= 11 is 3.40. The van der Waals surface area contributed by atoms with E-state index in [0.29, 0.717) is 0 Å². The third-order valence-electron chi connectivity index (χ3n) is 2.30. The Labute approximate surface area is 113 Å². The monoisotopic (exact) mass is 305 g/mol. The summed E-state index contributed by atoms with van der Waals surface area (Å²) in [5.41, 5.74) is 4.31. The van der Waals surface area contributed by atoms with Crippen molar-refractivity contribution in [1.29, 1.82) is 0 Å². The Morgan fingerprint density at radius 3 is 2.72 bits per heavy atom. The zero-order valence-electron chi connectivity index (χ0n) is 9.80. The van der Waals surface area contributed by atoms with Gasteiger partial charge in [0.15, 0.2) is 0 Å².